The van der Waals surface area contributed by atoms with Gasteiger partial charge in [-0.15, -0.1) is 11.3 Å². The number of hydrogen-bond acceptors (Lipinski definition) is 3. The molecule has 1 aromatic rings. The van der Waals surface area contributed by atoms with Crippen LogP contribution < -0.4 is 5.32 Å². The van der Waals surface area contributed by atoms with E-state index in [9.17, 15) is 0 Å². The van der Waals surface area contributed by atoms with Crippen LogP contribution >= 0.6 is 11.3 Å². The molecule has 0 aromatic carbocycles. The first-order valence-corrected chi connectivity index (χ1v) is 7.17. The molecule has 1 fully saturated rings. The molecule has 1 aromatic heterocycles. The Labute approximate surface area is 102 Å². The summed E-state index contributed by atoms with van der Waals surface area (Å²) in [6.07, 6.45) is 4.09. The van der Waals surface area contributed by atoms with Crippen LogP contribution in [0, 0.1) is 18.8 Å². The Morgan fingerprint density at radius 1 is 1.44 bits per heavy atom. The average molecular weight is 238 g/mol. The molecule has 3 heteroatoms. The summed E-state index contributed by atoms with van der Waals surface area (Å²) in [7, 11) is 0. The van der Waals surface area contributed by atoms with Crippen molar-refractivity contribution >= 4 is 11.3 Å². The lowest BCUT2D eigenvalue weighted by Crippen LogP contribution is -2.39. The first kappa shape index (κ1) is 12.1. The van der Waals surface area contributed by atoms with Gasteiger partial charge < -0.3 is 5.32 Å². The van der Waals surface area contributed by atoms with Gasteiger partial charge in [-0.2, -0.15) is 0 Å². The molecule has 1 heterocycles. The molecule has 1 aliphatic rings. The fourth-order valence-corrected chi connectivity index (χ4v) is 3.24. The fourth-order valence-electron chi connectivity index (χ4n) is 2.52. The molecule has 0 bridgehead atoms. The van der Waals surface area contributed by atoms with Gasteiger partial charge in [0.2, 0.25) is 0 Å². The molecular weight excluding hydrogens is 216 g/mol. The standard InChI is InChI=1S/C13H22N2S/c1-9-4-5-10(2)12(6-9)14-7-13-15-11(3)8-16-13/h8-10,12,14H,4-7H2,1-3H3. The smallest absolute Gasteiger partial charge is 0.107 e. The van der Waals surface area contributed by atoms with Crippen molar-refractivity contribution in [3.8, 4) is 0 Å². The zero-order valence-electron chi connectivity index (χ0n) is 10.5. The molecule has 1 aliphatic carbocycles. The molecule has 0 saturated heterocycles. The molecule has 0 amide bonds. The number of aryl methyl sites for hydroxylation is 1. The third kappa shape index (κ3) is 3.05. The predicted octanol–water partition coefficient (Wildman–Crippen LogP) is 3.37. The largest absolute Gasteiger partial charge is 0.307 e. The molecule has 16 heavy (non-hydrogen) atoms. The van der Waals surface area contributed by atoms with Crippen LogP contribution in [0.1, 0.15) is 43.8 Å². The molecule has 0 aliphatic heterocycles. The molecule has 0 spiro atoms. The monoisotopic (exact) mass is 238 g/mol. The minimum absolute atomic E-state index is 0.688. The van der Waals surface area contributed by atoms with E-state index in [0.29, 0.717) is 6.04 Å². The van der Waals surface area contributed by atoms with Crippen LogP contribution in [-0.2, 0) is 6.54 Å². The molecule has 2 nitrogen and oxygen atoms in total. The van der Waals surface area contributed by atoms with Gasteiger partial charge in [-0.1, -0.05) is 20.3 Å². The highest BCUT2D eigenvalue weighted by molar-refractivity contribution is 7.09. The summed E-state index contributed by atoms with van der Waals surface area (Å²) in [6, 6.07) is 0.688. The van der Waals surface area contributed by atoms with E-state index in [1.165, 1.54) is 24.3 Å². The summed E-state index contributed by atoms with van der Waals surface area (Å²) >= 11 is 1.77. The van der Waals surface area contributed by atoms with Gasteiger partial charge in [0.25, 0.3) is 0 Å². The minimum Gasteiger partial charge on any atom is -0.307 e. The van der Waals surface area contributed by atoms with E-state index in [-0.39, 0.29) is 0 Å². The number of thiazole rings is 1. The van der Waals surface area contributed by atoms with E-state index in [1.54, 1.807) is 11.3 Å². The maximum Gasteiger partial charge on any atom is 0.107 e. The molecule has 90 valence electrons. The number of nitrogens with one attached hydrogen (secondary N) is 1. The molecule has 0 radical (unpaired) electrons. The van der Waals surface area contributed by atoms with E-state index in [4.69, 9.17) is 0 Å². The van der Waals surface area contributed by atoms with Gasteiger partial charge in [0.15, 0.2) is 0 Å². The van der Waals surface area contributed by atoms with Crippen molar-refractivity contribution in [1.29, 1.82) is 0 Å². The SMILES string of the molecule is Cc1csc(CNC2CC(C)CCC2C)n1. The Kier molecular flexibility index (Phi) is 3.98. The fraction of sp³-hybridized carbons (Fsp3) is 0.769. The van der Waals surface area contributed by atoms with Crippen LogP contribution in [0.4, 0.5) is 0 Å². The lowest BCUT2D eigenvalue weighted by molar-refractivity contribution is 0.227. The van der Waals surface area contributed by atoms with Crippen molar-refractivity contribution in [3.63, 3.8) is 0 Å². The normalized spacial score (nSPS) is 30.6. The first-order valence-electron chi connectivity index (χ1n) is 6.29. The van der Waals surface area contributed by atoms with Gasteiger partial charge in [0.05, 0.1) is 0 Å². The maximum atomic E-state index is 4.50. The lowest BCUT2D eigenvalue weighted by atomic mass is 9.80. The number of aromatic nitrogens is 1. The van der Waals surface area contributed by atoms with Crippen LogP contribution in [0.15, 0.2) is 5.38 Å². The van der Waals surface area contributed by atoms with Crippen molar-refractivity contribution in [3.05, 3.63) is 16.1 Å². The first-order chi connectivity index (χ1) is 7.65. The van der Waals surface area contributed by atoms with E-state index < -0.39 is 0 Å². The van der Waals surface area contributed by atoms with Crippen molar-refractivity contribution < 1.29 is 0 Å². The number of nitrogens with zero attached hydrogens (tertiary/aromatic N) is 1. The van der Waals surface area contributed by atoms with E-state index in [0.717, 1.165) is 24.1 Å². The van der Waals surface area contributed by atoms with Crippen LogP contribution in [-0.4, -0.2) is 11.0 Å². The second-order valence-electron chi connectivity index (χ2n) is 5.27. The number of hydrogen-bond donors (Lipinski definition) is 1. The van der Waals surface area contributed by atoms with Gasteiger partial charge in [0, 0.05) is 23.7 Å². The summed E-state index contributed by atoms with van der Waals surface area (Å²) in [5.41, 5.74) is 1.15. The number of rotatable bonds is 3. The third-order valence-corrected chi connectivity index (χ3v) is 4.61. The van der Waals surface area contributed by atoms with E-state index in [2.05, 4.69) is 36.5 Å². The summed E-state index contributed by atoms with van der Waals surface area (Å²) < 4.78 is 0. The van der Waals surface area contributed by atoms with Crippen LogP contribution in [0.3, 0.4) is 0 Å². The van der Waals surface area contributed by atoms with Gasteiger partial charge in [-0.25, -0.2) is 4.98 Å². The second kappa shape index (κ2) is 5.28. The van der Waals surface area contributed by atoms with Crippen molar-refractivity contribution in [2.75, 3.05) is 0 Å². The minimum atomic E-state index is 0.688. The van der Waals surface area contributed by atoms with Gasteiger partial charge >= 0.3 is 0 Å². The Morgan fingerprint density at radius 3 is 2.94 bits per heavy atom. The third-order valence-electron chi connectivity index (χ3n) is 3.64. The highest BCUT2D eigenvalue weighted by Gasteiger charge is 2.24. The molecule has 1 N–H and O–H groups in total. The van der Waals surface area contributed by atoms with Crippen LogP contribution in [0.25, 0.3) is 0 Å². The molecule has 1 saturated carbocycles. The summed E-state index contributed by atoms with van der Waals surface area (Å²) in [5.74, 6) is 1.70. The predicted molar refractivity (Wildman–Crippen MR) is 69.7 cm³/mol. The van der Waals surface area contributed by atoms with E-state index in [1.807, 2.05) is 0 Å². The van der Waals surface area contributed by atoms with Crippen LogP contribution in [0.5, 0.6) is 0 Å². The van der Waals surface area contributed by atoms with Crippen LogP contribution in [0.2, 0.25) is 0 Å². The average Bonchev–Trinajstić information content (AvgIpc) is 2.66. The highest BCUT2D eigenvalue weighted by atomic mass is 32.1. The Morgan fingerprint density at radius 2 is 2.25 bits per heavy atom. The van der Waals surface area contributed by atoms with Gasteiger partial charge in [-0.3, -0.25) is 0 Å². The van der Waals surface area contributed by atoms with Crippen molar-refractivity contribution in [2.24, 2.45) is 11.8 Å². The second-order valence-corrected chi connectivity index (χ2v) is 6.21. The zero-order valence-corrected chi connectivity index (χ0v) is 11.3. The highest BCUT2D eigenvalue weighted by Crippen LogP contribution is 2.28. The quantitative estimate of drug-likeness (QED) is 0.873. The molecule has 2 rings (SSSR count). The Balaban J connectivity index is 1.84. The zero-order chi connectivity index (χ0) is 11.5. The molecular formula is C13H22N2S. The molecule has 3 unspecified atom stereocenters. The maximum absolute atomic E-state index is 4.50. The summed E-state index contributed by atoms with van der Waals surface area (Å²) in [5, 5.41) is 7.03. The Hall–Kier alpha value is -0.410. The topological polar surface area (TPSA) is 24.9 Å². The van der Waals surface area contributed by atoms with Crippen molar-refractivity contribution in [1.82, 2.24) is 10.3 Å². The lowest BCUT2D eigenvalue weighted by Gasteiger charge is -2.33. The van der Waals surface area contributed by atoms with Gasteiger partial charge in [0.1, 0.15) is 5.01 Å². The van der Waals surface area contributed by atoms with E-state index >= 15 is 0 Å². The van der Waals surface area contributed by atoms with Crippen molar-refractivity contribution in [2.45, 2.75) is 52.6 Å². The summed E-state index contributed by atoms with van der Waals surface area (Å²) in [4.78, 5) is 4.50. The molecule has 3 atom stereocenters. The van der Waals surface area contributed by atoms with Gasteiger partial charge in [-0.05, 0) is 31.6 Å². The summed E-state index contributed by atoms with van der Waals surface area (Å²) in [6.45, 7) is 7.75. The Bertz CT molecular complexity index is 334.